The molecule has 0 aromatic carbocycles. The molecule has 19 heavy (non-hydrogen) atoms. The van der Waals surface area contributed by atoms with E-state index in [4.69, 9.17) is 4.74 Å². The third kappa shape index (κ3) is 1.70. The van der Waals surface area contributed by atoms with Crippen LogP contribution in [0.4, 0.5) is 0 Å². The number of fused-ring (bicyclic) bond motifs is 3. The second kappa shape index (κ2) is 4.18. The van der Waals surface area contributed by atoms with Gasteiger partial charge in [-0.3, -0.25) is 4.79 Å². The summed E-state index contributed by atoms with van der Waals surface area (Å²) in [6.45, 7) is 9.81. The first-order chi connectivity index (χ1) is 8.91. The fourth-order valence-corrected chi connectivity index (χ4v) is 3.96. The first kappa shape index (κ1) is 12.9. The fraction of sp³-hybridized carbons (Fsp3) is 0.667. The van der Waals surface area contributed by atoms with Gasteiger partial charge < -0.3 is 14.9 Å². The predicted molar refractivity (Wildman–Crippen MR) is 69.0 cm³/mol. The van der Waals surface area contributed by atoms with Crippen LogP contribution < -0.4 is 0 Å². The van der Waals surface area contributed by atoms with Crippen molar-refractivity contribution in [1.82, 2.24) is 0 Å². The highest BCUT2D eigenvalue weighted by molar-refractivity contribution is 5.75. The predicted octanol–water partition coefficient (Wildman–Crippen LogP) is 1.04. The lowest BCUT2D eigenvalue weighted by molar-refractivity contribution is -0.145. The number of aliphatic hydroxyl groups is 2. The molecule has 3 fully saturated rings. The Morgan fingerprint density at radius 1 is 1.16 bits per heavy atom. The molecule has 0 amide bonds. The van der Waals surface area contributed by atoms with Crippen LogP contribution in [-0.2, 0) is 9.53 Å². The van der Waals surface area contributed by atoms with Crippen molar-refractivity contribution in [3.8, 4) is 0 Å². The number of carbonyl (C=O) groups excluding carboxylic acids is 1. The Labute approximate surface area is 112 Å². The highest BCUT2D eigenvalue weighted by Gasteiger charge is 2.55. The number of ether oxygens (including phenoxy) is 1. The van der Waals surface area contributed by atoms with Gasteiger partial charge in [0.15, 0.2) is 0 Å². The van der Waals surface area contributed by atoms with E-state index >= 15 is 0 Å². The van der Waals surface area contributed by atoms with E-state index in [1.807, 2.05) is 6.92 Å². The molecule has 2 N–H and O–H groups in total. The lowest BCUT2D eigenvalue weighted by Gasteiger charge is -2.26. The molecule has 3 aliphatic rings. The van der Waals surface area contributed by atoms with Gasteiger partial charge in [0, 0.05) is 11.8 Å². The molecule has 4 heteroatoms. The van der Waals surface area contributed by atoms with Gasteiger partial charge in [0.05, 0.1) is 18.1 Å². The second-order valence-electron chi connectivity index (χ2n) is 6.14. The summed E-state index contributed by atoms with van der Waals surface area (Å²) >= 11 is 0. The summed E-state index contributed by atoms with van der Waals surface area (Å²) in [6.07, 6.45) is -0.461. The molecule has 1 heterocycles. The maximum atomic E-state index is 11.8. The third-order valence-electron chi connectivity index (χ3n) is 5.21. The van der Waals surface area contributed by atoms with E-state index in [1.165, 1.54) is 0 Å². The van der Waals surface area contributed by atoms with Crippen molar-refractivity contribution >= 4 is 5.97 Å². The Morgan fingerprint density at radius 2 is 1.79 bits per heavy atom. The van der Waals surface area contributed by atoms with E-state index < -0.39 is 12.2 Å². The summed E-state index contributed by atoms with van der Waals surface area (Å²) in [5.74, 6) is -0.570. The van der Waals surface area contributed by atoms with Crippen molar-refractivity contribution in [3.63, 3.8) is 0 Å². The van der Waals surface area contributed by atoms with Crippen LogP contribution in [0.2, 0.25) is 0 Å². The van der Waals surface area contributed by atoms with Gasteiger partial charge in [-0.25, -0.2) is 0 Å². The Bertz CT molecular complexity index is 455. The molecule has 0 aromatic rings. The van der Waals surface area contributed by atoms with E-state index in [2.05, 4.69) is 13.2 Å². The van der Waals surface area contributed by atoms with Crippen LogP contribution in [0.15, 0.2) is 24.3 Å². The molecule has 1 aliphatic heterocycles. The molecule has 4 nitrogen and oxygen atoms in total. The summed E-state index contributed by atoms with van der Waals surface area (Å²) < 4.78 is 5.52. The Kier molecular flexibility index (Phi) is 2.84. The van der Waals surface area contributed by atoms with Crippen LogP contribution in [0.1, 0.15) is 19.8 Å². The minimum atomic E-state index is -0.627. The Hall–Kier alpha value is -1.13. The van der Waals surface area contributed by atoms with Crippen molar-refractivity contribution in [2.45, 2.75) is 38.1 Å². The molecule has 1 saturated heterocycles. The van der Waals surface area contributed by atoms with Gasteiger partial charge in [-0.1, -0.05) is 20.1 Å². The van der Waals surface area contributed by atoms with E-state index in [0.717, 1.165) is 11.1 Å². The number of rotatable bonds is 0. The lowest BCUT2D eigenvalue weighted by atomic mass is 9.80. The molecule has 0 bridgehead atoms. The number of aliphatic hydroxyl groups excluding tert-OH is 2. The molecule has 0 radical (unpaired) electrons. The first-order valence-corrected chi connectivity index (χ1v) is 6.85. The average Bonchev–Trinajstić information content (AvgIpc) is 2.77. The quantitative estimate of drug-likeness (QED) is 0.507. The highest BCUT2D eigenvalue weighted by atomic mass is 16.6. The van der Waals surface area contributed by atoms with E-state index in [1.54, 1.807) is 0 Å². The number of hydrogen-bond acceptors (Lipinski definition) is 4. The van der Waals surface area contributed by atoms with Crippen LogP contribution in [0.5, 0.6) is 0 Å². The van der Waals surface area contributed by atoms with Crippen LogP contribution in [-0.4, -0.2) is 34.5 Å². The van der Waals surface area contributed by atoms with Crippen LogP contribution in [0.25, 0.3) is 0 Å². The number of esters is 1. The van der Waals surface area contributed by atoms with Crippen LogP contribution in [0.3, 0.4) is 0 Å². The standard InChI is InChI=1S/C15H20O4/c1-6-9-4-12(17)8(3)13(9)14-10(5-11(6)16)7(2)15(18)19-14/h7,9-14,16-17H,1,3-5H2,2H3/t7-,9+,10+,11+,12+,13+,14+/m1/s1. The van der Waals surface area contributed by atoms with Gasteiger partial charge in [0.1, 0.15) is 6.10 Å². The molecule has 2 aliphatic carbocycles. The van der Waals surface area contributed by atoms with Crippen LogP contribution in [0, 0.1) is 23.7 Å². The third-order valence-corrected chi connectivity index (χ3v) is 5.21. The molecule has 3 rings (SSSR count). The second-order valence-corrected chi connectivity index (χ2v) is 6.14. The maximum absolute atomic E-state index is 11.8. The zero-order valence-electron chi connectivity index (χ0n) is 11.1. The van der Waals surface area contributed by atoms with Gasteiger partial charge in [-0.15, -0.1) is 0 Å². The minimum Gasteiger partial charge on any atom is -0.461 e. The number of carbonyl (C=O) groups is 1. The summed E-state index contributed by atoms with van der Waals surface area (Å²) in [5, 5.41) is 20.3. The van der Waals surface area contributed by atoms with Gasteiger partial charge in [0.2, 0.25) is 0 Å². The largest absolute Gasteiger partial charge is 0.461 e. The van der Waals surface area contributed by atoms with Gasteiger partial charge in [-0.2, -0.15) is 0 Å². The summed E-state index contributed by atoms with van der Waals surface area (Å²) in [6, 6.07) is 0. The van der Waals surface area contributed by atoms with Crippen molar-refractivity contribution in [2.24, 2.45) is 23.7 Å². The summed E-state index contributed by atoms with van der Waals surface area (Å²) in [4.78, 5) is 11.8. The van der Waals surface area contributed by atoms with Gasteiger partial charge in [0.25, 0.3) is 0 Å². The zero-order valence-corrected chi connectivity index (χ0v) is 11.1. The normalized spacial score (nSPS) is 49.6. The SMILES string of the molecule is C=C1[C@@H]2[C@H]3OC(=O)[C@H](C)[C@@H]3C[C@H](O)C(=C)[C@@H]2C[C@@H]1O. The monoisotopic (exact) mass is 264 g/mol. The molecule has 104 valence electrons. The van der Waals surface area contributed by atoms with Crippen LogP contribution >= 0.6 is 0 Å². The zero-order chi connectivity index (χ0) is 13.9. The average molecular weight is 264 g/mol. The van der Waals surface area contributed by atoms with Crippen molar-refractivity contribution in [2.75, 3.05) is 0 Å². The van der Waals surface area contributed by atoms with Crippen molar-refractivity contribution < 1.29 is 19.7 Å². The van der Waals surface area contributed by atoms with Gasteiger partial charge in [-0.05, 0) is 29.9 Å². The molecule has 7 atom stereocenters. The summed E-state index contributed by atoms with van der Waals surface area (Å²) in [7, 11) is 0. The number of hydrogen-bond donors (Lipinski definition) is 2. The molecule has 0 unspecified atom stereocenters. The molecular formula is C15H20O4. The first-order valence-electron chi connectivity index (χ1n) is 6.85. The Morgan fingerprint density at radius 3 is 2.47 bits per heavy atom. The highest BCUT2D eigenvalue weighted by Crippen LogP contribution is 2.52. The van der Waals surface area contributed by atoms with E-state index in [0.29, 0.717) is 12.8 Å². The van der Waals surface area contributed by atoms with E-state index in [9.17, 15) is 15.0 Å². The smallest absolute Gasteiger partial charge is 0.309 e. The molecule has 2 saturated carbocycles. The van der Waals surface area contributed by atoms with Crippen molar-refractivity contribution in [1.29, 1.82) is 0 Å². The molecule has 0 spiro atoms. The maximum Gasteiger partial charge on any atom is 0.309 e. The Balaban J connectivity index is 2.02. The van der Waals surface area contributed by atoms with E-state index in [-0.39, 0.29) is 35.7 Å². The minimum absolute atomic E-state index is 0.0173. The topological polar surface area (TPSA) is 66.8 Å². The fourth-order valence-electron chi connectivity index (χ4n) is 3.96. The molecular weight excluding hydrogens is 244 g/mol. The molecule has 0 aromatic heterocycles. The lowest BCUT2D eigenvalue weighted by Crippen LogP contribution is -2.30. The van der Waals surface area contributed by atoms with Gasteiger partial charge >= 0.3 is 5.97 Å². The summed E-state index contributed by atoms with van der Waals surface area (Å²) in [5.41, 5.74) is 1.47. The van der Waals surface area contributed by atoms with Crippen molar-refractivity contribution in [3.05, 3.63) is 24.3 Å².